The number of halogens is 2. The van der Waals surface area contributed by atoms with E-state index in [1.54, 1.807) is 0 Å². The van der Waals surface area contributed by atoms with Crippen LogP contribution >= 0.6 is 24.8 Å². The molecule has 1 aliphatic carbocycles. The van der Waals surface area contributed by atoms with Crippen molar-refractivity contribution < 1.29 is 9.59 Å². The lowest BCUT2D eigenvalue weighted by atomic mass is 9.80. The van der Waals surface area contributed by atoms with Crippen molar-refractivity contribution in [2.45, 2.75) is 58.5 Å². The number of piperazine rings is 1. The van der Waals surface area contributed by atoms with Gasteiger partial charge in [-0.05, 0) is 32.6 Å². The molecule has 2 rings (SSSR count). The summed E-state index contributed by atoms with van der Waals surface area (Å²) in [7, 11) is 0. The Morgan fingerprint density at radius 2 is 1.64 bits per heavy atom. The van der Waals surface area contributed by atoms with Gasteiger partial charge in [-0.3, -0.25) is 14.5 Å². The van der Waals surface area contributed by atoms with Gasteiger partial charge in [0.2, 0.25) is 11.8 Å². The lowest BCUT2D eigenvalue weighted by Gasteiger charge is -2.41. The summed E-state index contributed by atoms with van der Waals surface area (Å²) >= 11 is 0. The summed E-state index contributed by atoms with van der Waals surface area (Å²) in [6.07, 6.45) is 3.77. The lowest BCUT2D eigenvalue weighted by molar-refractivity contribution is -0.144. The molecule has 0 aromatic heterocycles. The Balaban J connectivity index is 0.00000288. The number of carbonyl (C=O) groups is 2. The van der Waals surface area contributed by atoms with Gasteiger partial charge in [-0.25, -0.2) is 0 Å². The highest BCUT2D eigenvalue weighted by atomic mass is 35.5. The first-order valence-electron chi connectivity index (χ1n) is 9.01. The van der Waals surface area contributed by atoms with Gasteiger partial charge in [0.1, 0.15) is 0 Å². The second kappa shape index (κ2) is 10.6. The molecule has 2 fully saturated rings. The molecule has 1 aliphatic heterocycles. The number of nitrogens with one attached hydrogen (secondary N) is 1. The monoisotopic (exact) mass is 396 g/mol. The molecule has 6 nitrogen and oxygen atoms in total. The van der Waals surface area contributed by atoms with Gasteiger partial charge in [0.05, 0.1) is 11.5 Å². The molecule has 0 aromatic carbocycles. The number of hydrogen-bond donors (Lipinski definition) is 2. The number of carbonyl (C=O) groups excluding carboxylic acids is 2. The zero-order valence-electron chi connectivity index (χ0n) is 15.6. The Labute approximate surface area is 164 Å². The molecule has 1 unspecified atom stereocenters. The quantitative estimate of drug-likeness (QED) is 0.681. The van der Waals surface area contributed by atoms with Crippen LogP contribution in [-0.2, 0) is 9.59 Å². The first kappa shape index (κ1) is 24.4. The maximum absolute atomic E-state index is 12.8. The molecule has 3 N–H and O–H groups in total. The minimum atomic E-state index is -0.420. The van der Waals surface area contributed by atoms with Crippen LogP contribution in [0.4, 0.5) is 0 Å². The van der Waals surface area contributed by atoms with Crippen LogP contribution in [0.5, 0.6) is 0 Å². The summed E-state index contributed by atoms with van der Waals surface area (Å²) in [4.78, 5) is 29.1. The van der Waals surface area contributed by atoms with E-state index in [0.717, 1.165) is 38.8 Å². The number of rotatable bonds is 7. The molecule has 0 aromatic rings. The summed E-state index contributed by atoms with van der Waals surface area (Å²) in [6.45, 7) is 9.29. The van der Waals surface area contributed by atoms with Gasteiger partial charge < -0.3 is 16.0 Å². The van der Waals surface area contributed by atoms with Crippen LogP contribution in [0.25, 0.3) is 0 Å². The molecular formula is C17H34Cl2N4O2. The molecular weight excluding hydrogens is 363 g/mol. The average Bonchev–Trinajstić information content (AvgIpc) is 3.40. The van der Waals surface area contributed by atoms with Gasteiger partial charge in [0.15, 0.2) is 0 Å². The highest BCUT2D eigenvalue weighted by Gasteiger charge is 2.38. The van der Waals surface area contributed by atoms with Crippen molar-refractivity contribution in [1.82, 2.24) is 15.1 Å². The van der Waals surface area contributed by atoms with Gasteiger partial charge in [0.25, 0.3) is 0 Å². The van der Waals surface area contributed by atoms with Crippen molar-refractivity contribution in [3.05, 3.63) is 0 Å². The van der Waals surface area contributed by atoms with E-state index in [1.165, 1.54) is 0 Å². The van der Waals surface area contributed by atoms with E-state index < -0.39 is 5.41 Å². The number of hydrogen-bond acceptors (Lipinski definition) is 4. The third-order valence-corrected chi connectivity index (χ3v) is 5.65. The molecule has 2 amide bonds. The van der Waals surface area contributed by atoms with Crippen molar-refractivity contribution in [3.63, 3.8) is 0 Å². The fourth-order valence-corrected chi connectivity index (χ4v) is 3.29. The van der Waals surface area contributed by atoms with Gasteiger partial charge in [-0.1, -0.05) is 13.8 Å². The molecule has 1 atom stereocenters. The molecule has 1 saturated heterocycles. The molecule has 1 saturated carbocycles. The van der Waals surface area contributed by atoms with Crippen LogP contribution in [0.3, 0.4) is 0 Å². The fourth-order valence-electron chi connectivity index (χ4n) is 3.29. The van der Waals surface area contributed by atoms with Crippen LogP contribution < -0.4 is 11.1 Å². The third kappa shape index (κ3) is 5.71. The SMILES string of the molecule is CCC(CC)(CN)C(=O)N1CCN(C(C)C(=O)NC2CC2)CC1.Cl.Cl. The van der Waals surface area contributed by atoms with E-state index in [4.69, 9.17) is 5.73 Å². The predicted molar refractivity (Wildman–Crippen MR) is 105 cm³/mol. The van der Waals surface area contributed by atoms with E-state index in [2.05, 4.69) is 10.2 Å². The standard InChI is InChI=1S/C17H32N4O2.2ClH/c1-4-17(5-2,12-18)16(23)21-10-8-20(9-11-21)13(3)15(22)19-14-6-7-14;;/h13-14H,4-12,18H2,1-3H3,(H,19,22);2*1H. The highest BCUT2D eigenvalue weighted by molar-refractivity contribution is 5.85. The largest absolute Gasteiger partial charge is 0.352 e. The summed E-state index contributed by atoms with van der Waals surface area (Å²) in [5.74, 6) is 0.297. The Kier molecular flexibility index (Phi) is 10.3. The Morgan fingerprint density at radius 3 is 2.04 bits per heavy atom. The molecule has 148 valence electrons. The first-order chi connectivity index (χ1) is 11.0. The van der Waals surface area contributed by atoms with Crippen LogP contribution in [0, 0.1) is 5.41 Å². The number of nitrogens with zero attached hydrogens (tertiary/aromatic N) is 2. The molecule has 25 heavy (non-hydrogen) atoms. The van der Waals surface area contributed by atoms with Gasteiger partial charge in [-0.2, -0.15) is 0 Å². The van der Waals surface area contributed by atoms with Crippen molar-refractivity contribution in [2.75, 3.05) is 32.7 Å². The van der Waals surface area contributed by atoms with Crippen LogP contribution in [0.15, 0.2) is 0 Å². The zero-order chi connectivity index (χ0) is 17.0. The van der Waals surface area contributed by atoms with E-state index >= 15 is 0 Å². The molecule has 1 heterocycles. The third-order valence-electron chi connectivity index (χ3n) is 5.65. The van der Waals surface area contributed by atoms with Crippen LogP contribution in [-0.4, -0.2) is 66.4 Å². The Hall–Kier alpha value is -0.560. The van der Waals surface area contributed by atoms with Crippen LogP contribution in [0.1, 0.15) is 46.5 Å². The van der Waals surface area contributed by atoms with E-state index in [0.29, 0.717) is 25.7 Å². The van der Waals surface area contributed by atoms with Gasteiger partial charge in [0, 0.05) is 38.8 Å². The predicted octanol–water partition coefficient (Wildman–Crippen LogP) is 1.41. The van der Waals surface area contributed by atoms with Crippen molar-refractivity contribution in [3.8, 4) is 0 Å². The van der Waals surface area contributed by atoms with Crippen molar-refractivity contribution >= 4 is 36.6 Å². The molecule has 0 spiro atoms. The maximum atomic E-state index is 12.8. The van der Waals surface area contributed by atoms with Crippen LogP contribution in [0.2, 0.25) is 0 Å². The lowest BCUT2D eigenvalue weighted by Crippen LogP contribution is -2.58. The van der Waals surface area contributed by atoms with Gasteiger partial charge in [-0.15, -0.1) is 24.8 Å². The second-order valence-corrected chi connectivity index (χ2v) is 6.98. The van der Waals surface area contributed by atoms with Crippen molar-refractivity contribution in [1.29, 1.82) is 0 Å². The molecule has 8 heteroatoms. The van der Waals surface area contributed by atoms with E-state index in [1.807, 2.05) is 25.7 Å². The number of amides is 2. The number of nitrogens with two attached hydrogens (primary N) is 1. The second-order valence-electron chi connectivity index (χ2n) is 6.98. The minimum absolute atomic E-state index is 0. The first-order valence-corrected chi connectivity index (χ1v) is 9.01. The normalized spacial score (nSPS) is 19.4. The molecule has 2 aliphatic rings. The minimum Gasteiger partial charge on any atom is -0.352 e. The fraction of sp³-hybridized carbons (Fsp3) is 0.882. The maximum Gasteiger partial charge on any atom is 0.237 e. The van der Waals surface area contributed by atoms with Crippen molar-refractivity contribution in [2.24, 2.45) is 11.1 Å². The summed E-state index contributed by atoms with van der Waals surface area (Å²) in [5.41, 5.74) is 5.47. The Morgan fingerprint density at radius 1 is 1.12 bits per heavy atom. The summed E-state index contributed by atoms with van der Waals surface area (Å²) in [6, 6.07) is 0.275. The van der Waals surface area contributed by atoms with E-state index in [-0.39, 0.29) is 42.7 Å². The topological polar surface area (TPSA) is 78.7 Å². The smallest absolute Gasteiger partial charge is 0.237 e. The highest BCUT2D eigenvalue weighted by Crippen LogP contribution is 2.28. The average molecular weight is 397 g/mol. The Bertz CT molecular complexity index is 426. The zero-order valence-corrected chi connectivity index (χ0v) is 17.3. The van der Waals surface area contributed by atoms with Gasteiger partial charge >= 0.3 is 0 Å². The van der Waals surface area contributed by atoms with E-state index in [9.17, 15) is 9.59 Å². The summed E-state index contributed by atoms with van der Waals surface area (Å²) in [5, 5.41) is 3.06. The molecule has 0 radical (unpaired) electrons. The molecule has 0 bridgehead atoms. The summed E-state index contributed by atoms with van der Waals surface area (Å²) < 4.78 is 0.